The highest BCUT2D eigenvalue weighted by atomic mass is 79.9. The molecule has 0 bridgehead atoms. The van der Waals surface area contributed by atoms with Gasteiger partial charge in [-0.2, -0.15) is 0 Å². The molecule has 156 valence electrons. The minimum Gasteiger partial charge on any atom is -0.306 e. The van der Waals surface area contributed by atoms with E-state index < -0.39 is 0 Å². The second kappa shape index (κ2) is 8.47. The molecule has 0 N–H and O–H groups in total. The monoisotopic (exact) mass is 476 g/mol. The molecule has 3 aromatic carbocycles. The average molecular weight is 477 g/mol. The first-order valence-corrected chi connectivity index (χ1v) is 10.8. The number of imide groups is 1. The Kier molecular flexibility index (Phi) is 5.74. The topological polar surface area (TPSA) is 57.7 Å². The third-order valence-corrected chi connectivity index (χ3v) is 5.88. The lowest BCUT2D eigenvalue weighted by Gasteiger charge is -2.27. The standard InChI is InChI=1S/C25H21BrN2O3/c1-16-10-11-22(17(2)14-16)27(23(29)18-6-5-7-19(26)15-18)12-13-28-24(30)20-8-3-4-9-21(20)25(28)31/h3-11,14-15H,12-13H2,1-2H3. The quantitative estimate of drug-likeness (QED) is 0.486. The molecule has 3 aromatic rings. The van der Waals surface area contributed by atoms with Crippen molar-refractivity contribution in [1.29, 1.82) is 0 Å². The molecular weight excluding hydrogens is 456 g/mol. The van der Waals surface area contributed by atoms with Crippen LogP contribution in [0.5, 0.6) is 0 Å². The Morgan fingerprint density at radius 1 is 0.903 bits per heavy atom. The van der Waals surface area contributed by atoms with Gasteiger partial charge in [-0.05, 0) is 55.8 Å². The maximum absolute atomic E-state index is 13.4. The number of hydrogen-bond acceptors (Lipinski definition) is 3. The van der Waals surface area contributed by atoms with Crippen molar-refractivity contribution in [2.75, 3.05) is 18.0 Å². The van der Waals surface area contributed by atoms with Crippen LogP contribution >= 0.6 is 15.9 Å². The molecule has 1 aliphatic heterocycles. The van der Waals surface area contributed by atoms with Crippen LogP contribution in [0.4, 0.5) is 5.69 Å². The summed E-state index contributed by atoms with van der Waals surface area (Å²) in [6.07, 6.45) is 0. The van der Waals surface area contributed by atoms with Crippen LogP contribution in [0.1, 0.15) is 42.2 Å². The molecule has 4 rings (SSSR count). The number of aryl methyl sites for hydroxylation is 2. The molecule has 1 aliphatic rings. The lowest BCUT2D eigenvalue weighted by Crippen LogP contribution is -2.41. The molecule has 0 saturated carbocycles. The third-order valence-electron chi connectivity index (χ3n) is 5.39. The lowest BCUT2D eigenvalue weighted by molar-refractivity contribution is 0.0654. The minimum absolute atomic E-state index is 0.111. The molecular formula is C25H21BrN2O3. The molecule has 5 nitrogen and oxygen atoms in total. The van der Waals surface area contributed by atoms with Crippen molar-refractivity contribution >= 4 is 39.3 Å². The van der Waals surface area contributed by atoms with E-state index in [2.05, 4.69) is 15.9 Å². The van der Waals surface area contributed by atoms with E-state index in [9.17, 15) is 14.4 Å². The summed E-state index contributed by atoms with van der Waals surface area (Å²) in [5.74, 6) is -0.836. The summed E-state index contributed by atoms with van der Waals surface area (Å²) in [6, 6.07) is 19.9. The number of carbonyl (C=O) groups is 3. The Hall–Kier alpha value is -3.25. The zero-order valence-electron chi connectivity index (χ0n) is 17.3. The van der Waals surface area contributed by atoms with Crippen LogP contribution in [-0.4, -0.2) is 35.7 Å². The first-order valence-electron chi connectivity index (χ1n) is 9.96. The molecule has 6 heteroatoms. The number of nitrogens with zero attached hydrogens (tertiary/aromatic N) is 2. The van der Waals surface area contributed by atoms with Gasteiger partial charge >= 0.3 is 0 Å². The normalized spacial score (nSPS) is 12.8. The Morgan fingerprint density at radius 2 is 1.58 bits per heavy atom. The molecule has 0 fully saturated rings. The molecule has 1 heterocycles. The van der Waals surface area contributed by atoms with E-state index in [0.717, 1.165) is 21.3 Å². The molecule has 0 atom stereocenters. The van der Waals surface area contributed by atoms with Crippen LogP contribution in [-0.2, 0) is 0 Å². The fourth-order valence-electron chi connectivity index (χ4n) is 3.86. The Balaban J connectivity index is 1.65. The summed E-state index contributed by atoms with van der Waals surface area (Å²) in [4.78, 5) is 41.8. The van der Waals surface area contributed by atoms with Gasteiger partial charge in [0.1, 0.15) is 0 Å². The second-order valence-electron chi connectivity index (χ2n) is 7.56. The fraction of sp³-hybridized carbons (Fsp3) is 0.160. The summed E-state index contributed by atoms with van der Waals surface area (Å²) in [5.41, 5.74) is 4.14. The van der Waals surface area contributed by atoms with Crippen molar-refractivity contribution < 1.29 is 14.4 Å². The SMILES string of the molecule is Cc1ccc(N(CCN2C(=O)c3ccccc3C2=O)C(=O)c2cccc(Br)c2)c(C)c1. The van der Waals surface area contributed by atoms with E-state index in [0.29, 0.717) is 16.7 Å². The van der Waals surface area contributed by atoms with E-state index in [1.807, 2.05) is 44.2 Å². The molecule has 0 spiro atoms. The summed E-state index contributed by atoms with van der Waals surface area (Å²) in [5, 5.41) is 0. The van der Waals surface area contributed by atoms with Crippen LogP contribution < -0.4 is 4.90 Å². The number of anilines is 1. The van der Waals surface area contributed by atoms with Crippen molar-refractivity contribution in [3.05, 3.63) is 99.0 Å². The van der Waals surface area contributed by atoms with Gasteiger partial charge in [-0.1, -0.05) is 51.8 Å². The van der Waals surface area contributed by atoms with E-state index in [1.54, 1.807) is 41.3 Å². The van der Waals surface area contributed by atoms with Gasteiger partial charge in [-0.3, -0.25) is 19.3 Å². The molecule has 31 heavy (non-hydrogen) atoms. The predicted molar refractivity (Wildman–Crippen MR) is 124 cm³/mol. The van der Waals surface area contributed by atoms with Gasteiger partial charge in [0.05, 0.1) is 11.1 Å². The highest BCUT2D eigenvalue weighted by Gasteiger charge is 2.35. The van der Waals surface area contributed by atoms with Gasteiger partial charge in [0.15, 0.2) is 0 Å². The molecule has 0 aromatic heterocycles. The first kappa shape index (κ1) is 21.0. The Morgan fingerprint density at radius 3 is 2.19 bits per heavy atom. The van der Waals surface area contributed by atoms with Crippen molar-refractivity contribution in [1.82, 2.24) is 4.90 Å². The lowest BCUT2D eigenvalue weighted by atomic mass is 10.1. The second-order valence-corrected chi connectivity index (χ2v) is 8.48. The Bertz CT molecular complexity index is 1170. The highest BCUT2D eigenvalue weighted by Crippen LogP contribution is 2.26. The van der Waals surface area contributed by atoms with Crippen molar-refractivity contribution in [2.45, 2.75) is 13.8 Å². The van der Waals surface area contributed by atoms with Gasteiger partial charge in [-0.25, -0.2) is 0 Å². The van der Waals surface area contributed by atoms with Crippen LogP contribution in [0.2, 0.25) is 0 Å². The van der Waals surface area contributed by atoms with Gasteiger partial charge in [0.25, 0.3) is 17.7 Å². The molecule has 0 radical (unpaired) electrons. The van der Waals surface area contributed by atoms with Crippen LogP contribution in [0.25, 0.3) is 0 Å². The summed E-state index contributed by atoms with van der Waals surface area (Å²) >= 11 is 3.42. The number of halogens is 1. The van der Waals surface area contributed by atoms with Gasteiger partial charge in [-0.15, -0.1) is 0 Å². The number of fused-ring (bicyclic) bond motifs is 1. The van der Waals surface area contributed by atoms with Gasteiger partial charge in [0, 0.05) is 28.8 Å². The molecule has 0 saturated heterocycles. The fourth-order valence-corrected chi connectivity index (χ4v) is 4.26. The molecule has 3 amide bonds. The minimum atomic E-state index is -0.323. The van der Waals surface area contributed by atoms with Crippen LogP contribution in [0.15, 0.2) is 71.2 Å². The predicted octanol–water partition coefficient (Wildman–Crippen LogP) is 5.01. The summed E-state index contributed by atoms with van der Waals surface area (Å²) in [6.45, 7) is 4.25. The van der Waals surface area contributed by atoms with Crippen molar-refractivity contribution in [3.63, 3.8) is 0 Å². The largest absolute Gasteiger partial charge is 0.306 e. The number of benzene rings is 3. The van der Waals surface area contributed by atoms with E-state index in [1.165, 1.54) is 4.90 Å². The molecule has 0 unspecified atom stereocenters. The third kappa shape index (κ3) is 4.03. The van der Waals surface area contributed by atoms with Crippen LogP contribution in [0.3, 0.4) is 0 Å². The van der Waals surface area contributed by atoms with Gasteiger partial charge < -0.3 is 4.90 Å². The average Bonchev–Trinajstić information content (AvgIpc) is 2.99. The molecule has 0 aliphatic carbocycles. The Labute approximate surface area is 189 Å². The zero-order chi connectivity index (χ0) is 22.1. The maximum Gasteiger partial charge on any atom is 0.261 e. The smallest absolute Gasteiger partial charge is 0.261 e. The van der Waals surface area contributed by atoms with E-state index in [4.69, 9.17) is 0 Å². The highest BCUT2D eigenvalue weighted by molar-refractivity contribution is 9.10. The summed E-state index contributed by atoms with van der Waals surface area (Å²) in [7, 11) is 0. The van der Waals surface area contributed by atoms with Gasteiger partial charge in [0.2, 0.25) is 0 Å². The number of rotatable bonds is 5. The maximum atomic E-state index is 13.4. The van der Waals surface area contributed by atoms with E-state index in [-0.39, 0.29) is 30.8 Å². The van der Waals surface area contributed by atoms with Crippen LogP contribution in [0, 0.1) is 13.8 Å². The zero-order valence-corrected chi connectivity index (χ0v) is 18.8. The number of carbonyl (C=O) groups excluding carboxylic acids is 3. The van der Waals surface area contributed by atoms with E-state index >= 15 is 0 Å². The number of hydrogen-bond donors (Lipinski definition) is 0. The number of amides is 3. The van der Waals surface area contributed by atoms with Crippen molar-refractivity contribution in [2.24, 2.45) is 0 Å². The first-order chi connectivity index (χ1) is 14.9. The van der Waals surface area contributed by atoms with Crippen molar-refractivity contribution in [3.8, 4) is 0 Å². The summed E-state index contributed by atoms with van der Waals surface area (Å²) < 4.78 is 0.805.